The van der Waals surface area contributed by atoms with Gasteiger partial charge in [-0.2, -0.15) is 0 Å². The molecule has 0 amide bonds. The third-order valence-electron chi connectivity index (χ3n) is 3.66. The van der Waals surface area contributed by atoms with Crippen LogP contribution in [0, 0.1) is 5.92 Å². The van der Waals surface area contributed by atoms with Gasteiger partial charge in [-0.05, 0) is 30.9 Å². The summed E-state index contributed by atoms with van der Waals surface area (Å²) >= 11 is 0. The summed E-state index contributed by atoms with van der Waals surface area (Å²) in [5.74, 6) is -0.412. The average Bonchev–Trinajstić information content (AvgIpc) is 2.40. The van der Waals surface area contributed by atoms with Gasteiger partial charge in [0.15, 0.2) is 0 Å². The van der Waals surface area contributed by atoms with Crippen molar-refractivity contribution in [3.63, 3.8) is 0 Å². The Bertz CT molecular complexity index is 401. The van der Waals surface area contributed by atoms with Gasteiger partial charge in [0, 0.05) is 5.30 Å². The zero-order chi connectivity index (χ0) is 12.3. The molecule has 2 atom stereocenters. The largest absolute Gasteiger partial charge is 0.340 e. The molecule has 0 aromatic heterocycles. The zero-order valence-corrected chi connectivity index (χ0v) is 10.9. The average molecular weight is 253 g/mol. The van der Waals surface area contributed by atoms with Gasteiger partial charge in [0.1, 0.15) is 0 Å². The van der Waals surface area contributed by atoms with Crippen molar-refractivity contribution in [2.24, 2.45) is 11.7 Å². The fourth-order valence-electron chi connectivity index (χ4n) is 2.58. The monoisotopic (exact) mass is 253 g/mol. The van der Waals surface area contributed by atoms with Gasteiger partial charge in [0.05, 0.1) is 5.78 Å². The van der Waals surface area contributed by atoms with Crippen LogP contribution in [-0.4, -0.2) is 10.7 Å². The van der Waals surface area contributed by atoms with Gasteiger partial charge >= 0.3 is 0 Å². The van der Waals surface area contributed by atoms with E-state index in [0.29, 0.717) is 5.30 Å². The first kappa shape index (κ1) is 12.8. The van der Waals surface area contributed by atoms with Crippen LogP contribution in [0.25, 0.3) is 0 Å². The summed E-state index contributed by atoms with van der Waals surface area (Å²) in [4.78, 5) is 10.2. The minimum Gasteiger partial charge on any atom is -0.340 e. The van der Waals surface area contributed by atoms with E-state index in [-0.39, 0.29) is 5.92 Å². The van der Waals surface area contributed by atoms with E-state index >= 15 is 0 Å². The summed E-state index contributed by atoms with van der Waals surface area (Å²) in [7, 11) is -3.43. The fraction of sp³-hybridized carbons (Fsp3) is 0.538. The van der Waals surface area contributed by atoms with Crippen molar-refractivity contribution >= 4 is 12.7 Å². The van der Waals surface area contributed by atoms with Crippen LogP contribution in [0.4, 0.5) is 0 Å². The molecule has 1 aliphatic carbocycles. The lowest BCUT2D eigenvalue weighted by molar-refractivity contribution is 0.330. The van der Waals surface area contributed by atoms with Crippen LogP contribution in [0.3, 0.4) is 0 Å². The molecule has 0 saturated heterocycles. The smallest absolute Gasteiger partial charge is 0.246 e. The first-order valence-corrected chi connectivity index (χ1v) is 7.99. The molecule has 3 N–H and O–H groups in total. The Kier molecular flexibility index (Phi) is 4.03. The van der Waals surface area contributed by atoms with Gasteiger partial charge in [0.25, 0.3) is 0 Å². The van der Waals surface area contributed by atoms with E-state index in [1.807, 2.05) is 6.07 Å². The van der Waals surface area contributed by atoms with Crippen molar-refractivity contribution in [3.05, 3.63) is 30.3 Å². The molecule has 0 heterocycles. The Balaban J connectivity index is 2.17. The minimum absolute atomic E-state index is 0.194. The highest BCUT2D eigenvalue weighted by Crippen LogP contribution is 2.48. The summed E-state index contributed by atoms with van der Waals surface area (Å²) in [6.07, 6.45) is 5.46. The molecule has 0 aliphatic heterocycles. The van der Waals surface area contributed by atoms with E-state index in [4.69, 9.17) is 5.73 Å². The Morgan fingerprint density at radius 3 is 2.35 bits per heavy atom. The van der Waals surface area contributed by atoms with Crippen LogP contribution < -0.4 is 11.0 Å². The maximum atomic E-state index is 12.4. The molecular formula is C13H20NO2P. The maximum absolute atomic E-state index is 12.4. The second-order valence-corrected chi connectivity index (χ2v) is 7.21. The number of rotatable bonds is 3. The van der Waals surface area contributed by atoms with Gasteiger partial charge in [-0.1, -0.05) is 37.5 Å². The third kappa shape index (κ3) is 2.79. The van der Waals surface area contributed by atoms with E-state index in [2.05, 4.69) is 0 Å². The molecule has 1 aromatic carbocycles. The molecule has 94 valence electrons. The topological polar surface area (TPSA) is 63.3 Å². The fourth-order valence-corrected chi connectivity index (χ4v) is 4.39. The standard InChI is InChI=1S/C13H20NO2P/c14-13(11-7-3-1-4-8-11)17(15,16)12-9-5-2-6-10-12/h2,5-6,9-11,13H,1,3-4,7-8,14H2,(H,15,16). The van der Waals surface area contributed by atoms with Crippen molar-refractivity contribution in [2.75, 3.05) is 0 Å². The van der Waals surface area contributed by atoms with Crippen molar-refractivity contribution in [1.82, 2.24) is 0 Å². The van der Waals surface area contributed by atoms with E-state index in [1.165, 1.54) is 6.42 Å². The van der Waals surface area contributed by atoms with Crippen LogP contribution in [0.15, 0.2) is 30.3 Å². The van der Waals surface area contributed by atoms with Crippen LogP contribution in [0.2, 0.25) is 0 Å². The highest BCUT2D eigenvalue weighted by Gasteiger charge is 2.36. The second-order valence-electron chi connectivity index (χ2n) is 4.85. The summed E-state index contributed by atoms with van der Waals surface area (Å²) in [5, 5.41) is 0.484. The number of nitrogens with two attached hydrogens (primary N) is 1. The van der Waals surface area contributed by atoms with Gasteiger partial charge in [0.2, 0.25) is 7.37 Å². The molecule has 2 unspecified atom stereocenters. The number of hydrogen-bond donors (Lipinski definition) is 2. The Labute approximate surface area is 102 Å². The first-order valence-electron chi connectivity index (χ1n) is 6.26. The molecular weight excluding hydrogens is 233 g/mol. The quantitative estimate of drug-likeness (QED) is 0.813. The number of benzene rings is 1. The number of hydrogen-bond acceptors (Lipinski definition) is 2. The molecule has 0 bridgehead atoms. The molecule has 2 rings (SSSR count). The SMILES string of the molecule is NC(C1CCCCC1)P(=O)(O)c1ccccc1. The van der Waals surface area contributed by atoms with Crippen LogP contribution in [0.1, 0.15) is 32.1 Å². The molecule has 17 heavy (non-hydrogen) atoms. The summed E-state index contributed by atoms with van der Waals surface area (Å²) in [6, 6.07) is 8.81. The molecule has 3 nitrogen and oxygen atoms in total. The van der Waals surface area contributed by atoms with Crippen LogP contribution in [0.5, 0.6) is 0 Å². The summed E-state index contributed by atoms with van der Waals surface area (Å²) < 4.78 is 12.4. The van der Waals surface area contributed by atoms with Gasteiger partial charge in [-0.25, -0.2) is 0 Å². The molecule has 1 aliphatic rings. The lowest BCUT2D eigenvalue weighted by Gasteiger charge is -2.30. The molecule has 1 saturated carbocycles. The summed E-state index contributed by atoms with van der Waals surface area (Å²) in [6.45, 7) is 0. The highest BCUT2D eigenvalue weighted by atomic mass is 31.2. The van der Waals surface area contributed by atoms with Crippen molar-refractivity contribution < 1.29 is 9.46 Å². The van der Waals surface area contributed by atoms with Gasteiger partial charge in [-0.15, -0.1) is 0 Å². The van der Waals surface area contributed by atoms with E-state index in [0.717, 1.165) is 25.7 Å². The first-order chi connectivity index (χ1) is 8.12. The molecule has 0 radical (unpaired) electrons. The van der Waals surface area contributed by atoms with Gasteiger partial charge in [-0.3, -0.25) is 4.57 Å². The predicted octanol–water partition coefficient (Wildman–Crippen LogP) is 2.45. The van der Waals surface area contributed by atoms with Gasteiger partial charge < -0.3 is 10.6 Å². The lowest BCUT2D eigenvalue weighted by atomic mass is 9.89. The van der Waals surface area contributed by atoms with E-state index in [1.54, 1.807) is 24.3 Å². The normalized spacial score (nSPS) is 22.9. The maximum Gasteiger partial charge on any atom is 0.246 e. The van der Waals surface area contributed by atoms with Crippen molar-refractivity contribution in [2.45, 2.75) is 37.9 Å². The zero-order valence-electron chi connectivity index (χ0n) is 9.96. The highest BCUT2D eigenvalue weighted by molar-refractivity contribution is 7.66. The third-order valence-corrected chi connectivity index (χ3v) is 5.93. The van der Waals surface area contributed by atoms with E-state index < -0.39 is 13.2 Å². The van der Waals surface area contributed by atoms with E-state index in [9.17, 15) is 9.46 Å². The Morgan fingerprint density at radius 2 is 1.76 bits per heavy atom. The lowest BCUT2D eigenvalue weighted by Crippen LogP contribution is -2.34. The van der Waals surface area contributed by atoms with Crippen LogP contribution >= 0.6 is 7.37 Å². The second kappa shape index (κ2) is 5.34. The summed E-state index contributed by atoms with van der Waals surface area (Å²) in [5.41, 5.74) is 6.05. The van der Waals surface area contributed by atoms with Crippen molar-refractivity contribution in [3.8, 4) is 0 Å². The molecule has 1 fully saturated rings. The molecule has 0 spiro atoms. The molecule has 4 heteroatoms. The Morgan fingerprint density at radius 1 is 1.18 bits per heavy atom. The minimum atomic E-state index is -3.43. The molecule has 1 aromatic rings. The Hall–Kier alpha value is -0.630. The van der Waals surface area contributed by atoms with Crippen molar-refractivity contribution in [1.29, 1.82) is 0 Å². The van der Waals surface area contributed by atoms with Crippen LogP contribution in [-0.2, 0) is 4.57 Å². The predicted molar refractivity (Wildman–Crippen MR) is 70.5 cm³/mol.